The second-order valence-electron chi connectivity index (χ2n) is 17.1. The molecule has 0 atom stereocenters. The highest BCUT2D eigenvalue weighted by Gasteiger charge is 2.47. The van der Waals surface area contributed by atoms with Crippen LogP contribution in [0.1, 0.15) is 90.2 Å². The fraction of sp³-hybridized carbons (Fsp3) is 0.348. The number of benzene rings is 4. The summed E-state index contributed by atoms with van der Waals surface area (Å²) in [6, 6.07) is 15.4. The average molecular weight is 883 g/mol. The summed E-state index contributed by atoms with van der Waals surface area (Å²) in [5, 5.41) is 35.0. The van der Waals surface area contributed by atoms with E-state index in [4.69, 9.17) is 0 Å². The van der Waals surface area contributed by atoms with Crippen molar-refractivity contribution >= 4 is 76.6 Å². The lowest BCUT2D eigenvalue weighted by atomic mass is 9.76. The Morgan fingerprint density at radius 1 is 0.710 bits per heavy atom. The molecule has 0 bridgehead atoms. The van der Waals surface area contributed by atoms with Gasteiger partial charge in [0, 0.05) is 71.5 Å². The molecule has 2 heterocycles. The van der Waals surface area contributed by atoms with Crippen LogP contribution in [0, 0.1) is 0 Å². The molecule has 0 spiro atoms. The van der Waals surface area contributed by atoms with Crippen LogP contribution in [0.5, 0.6) is 0 Å². The van der Waals surface area contributed by atoms with E-state index in [0.29, 0.717) is 84.6 Å². The number of nitrogens with zero attached hydrogens (tertiary/aromatic N) is 2. The van der Waals surface area contributed by atoms with Gasteiger partial charge in [-0.15, -0.1) is 0 Å². The number of carboxylic acids is 2. The first-order valence-corrected chi connectivity index (χ1v) is 23.2. The molecule has 2 N–H and O–H groups in total. The lowest BCUT2D eigenvalue weighted by Gasteiger charge is -2.33. The summed E-state index contributed by atoms with van der Waals surface area (Å²) in [6.45, 7) is 8.61. The maximum Gasteiger partial charge on any atom is 0.303 e. The number of rotatable bonds is 16. The van der Waals surface area contributed by atoms with Crippen LogP contribution in [0.15, 0.2) is 105 Å². The summed E-state index contributed by atoms with van der Waals surface area (Å²) in [4.78, 5) is 37.9. The molecule has 326 valence electrons. The number of allylic oxidation sites excluding steroid dienone is 5. The largest absolute Gasteiger partial charge is 0.871 e. The smallest absolute Gasteiger partial charge is 0.303 e. The van der Waals surface area contributed by atoms with Gasteiger partial charge in [0.05, 0.1) is 15.2 Å². The predicted molar refractivity (Wildman–Crippen MR) is 227 cm³/mol. The van der Waals surface area contributed by atoms with Crippen LogP contribution in [0.25, 0.3) is 21.5 Å². The Morgan fingerprint density at radius 2 is 1.26 bits per heavy atom. The zero-order valence-corrected chi connectivity index (χ0v) is 36.3. The molecular weight excluding hydrogens is 837 g/mol. The van der Waals surface area contributed by atoms with Crippen molar-refractivity contribution in [1.82, 2.24) is 0 Å². The monoisotopic (exact) mass is 882 g/mol. The van der Waals surface area contributed by atoms with Crippen molar-refractivity contribution < 1.29 is 60.2 Å². The van der Waals surface area contributed by atoms with E-state index < -0.39 is 54.5 Å². The van der Waals surface area contributed by atoms with Gasteiger partial charge in [0.2, 0.25) is 5.69 Å². The number of hydrogen-bond acceptors (Lipinski definition) is 11. The second-order valence-corrected chi connectivity index (χ2v) is 19.9. The lowest BCUT2D eigenvalue weighted by molar-refractivity contribution is -0.438. The highest BCUT2D eigenvalue weighted by atomic mass is 32.2. The van der Waals surface area contributed by atoms with Crippen molar-refractivity contribution in [2.24, 2.45) is 0 Å². The summed E-state index contributed by atoms with van der Waals surface area (Å²) in [7, 11) is -9.45. The molecule has 4 aromatic carbocycles. The number of unbranched alkanes of at least 4 members (excludes halogenated alkanes) is 4. The maximum absolute atomic E-state index is 14.2. The molecule has 4 aromatic rings. The molecule has 16 heteroatoms. The van der Waals surface area contributed by atoms with Crippen LogP contribution >= 0.6 is 0 Å². The summed E-state index contributed by atoms with van der Waals surface area (Å²) in [5.74, 6) is -2.73. The lowest BCUT2D eigenvalue weighted by Crippen LogP contribution is -2.35. The summed E-state index contributed by atoms with van der Waals surface area (Å²) in [5.41, 5.74) is 2.74. The minimum Gasteiger partial charge on any atom is -0.871 e. The molecule has 3 aliphatic rings. The molecule has 0 aromatic heterocycles. The molecule has 0 saturated heterocycles. The van der Waals surface area contributed by atoms with Crippen LogP contribution in [0.2, 0.25) is 0 Å². The van der Waals surface area contributed by atoms with Crippen LogP contribution in [-0.2, 0) is 45.4 Å². The quantitative estimate of drug-likeness (QED) is 0.0547. The molecule has 0 saturated carbocycles. The predicted octanol–water partition coefficient (Wildman–Crippen LogP) is 6.27. The fourth-order valence-corrected chi connectivity index (χ4v) is 10.3. The van der Waals surface area contributed by atoms with E-state index in [-0.39, 0.29) is 33.8 Å². The van der Waals surface area contributed by atoms with E-state index in [1.807, 2.05) is 49.3 Å². The Bertz CT molecular complexity index is 2960. The number of fused-ring (bicyclic) bond motifs is 6. The Hall–Kier alpha value is -5.68. The first kappa shape index (κ1) is 44.4. The van der Waals surface area contributed by atoms with Crippen molar-refractivity contribution in [3.05, 3.63) is 107 Å². The highest BCUT2D eigenvalue weighted by molar-refractivity contribution is 7.86. The van der Waals surface area contributed by atoms with Gasteiger partial charge >= 0.3 is 11.9 Å². The summed E-state index contributed by atoms with van der Waals surface area (Å²) in [6.07, 6.45) is 6.56. The van der Waals surface area contributed by atoms with Gasteiger partial charge in [0.25, 0.3) is 0 Å². The fourth-order valence-electron chi connectivity index (χ4n) is 9.27. The standard InChI is InChI=1S/C46H48N2O12S2/c1-45(2)37(47(21-9-5-7-11-39(49)50)35-19-13-27-23-29(61(55,56)57)15-17-31(27)41(35)45)25-33-43(53)34(44(33)54)26-38-46(3,4)42-32-18-16-30(62(58,59)60)24-28(32)14-20-36(42)48(38)22-10-6-8-12-40(51)52/h13-20,23-26H,5-12,21-22H2,1-4H3,(H4-,49,50,51,52,53,54,55,56,57,58,59,60)/p-2. The van der Waals surface area contributed by atoms with Crippen molar-refractivity contribution in [1.29, 1.82) is 0 Å². The Labute approximate surface area is 359 Å². The highest BCUT2D eigenvalue weighted by Crippen LogP contribution is 2.52. The third-order valence-corrected chi connectivity index (χ3v) is 14.0. The number of hydrogen-bond donors (Lipinski definition) is 2. The summed E-state index contributed by atoms with van der Waals surface area (Å²) >= 11 is 0. The molecule has 2 aliphatic heterocycles. The second kappa shape index (κ2) is 16.2. The van der Waals surface area contributed by atoms with Gasteiger partial charge in [-0.1, -0.05) is 44.2 Å². The minimum absolute atomic E-state index is 0.0162. The van der Waals surface area contributed by atoms with Gasteiger partial charge in [-0.05, 0) is 109 Å². The van der Waals surface area contributed by atoms with Crippen molar-refractivity contribution in [3.8, 4) is 0 Å². The van der Waals surface area contributed by atoms with E-state index in [1.165, 1.54) is 24.3 Å². The molecule has 1 aliphatic carbocycles. The van der Waals surface area contributed by atoms with Crippen LogP contribution in [0.4, 0.5) is 11.4 Å². The number of anilines is 1. The van der Waals surface area contributed by atoms with E-state index in [9.17, 15) is 55.6 Å². The summed E-state index contributed by atoms with van der Waals surface area (Å²) < 4.78 is 73.3. The normalized spacial score (nSPS) is 18.3. The van der Waals surface area contributed by atoms with E-state index in [1.54, 1.807) is 36.4 Å². The molecule has 0 radical (unpaired) electrons. The SMILES string of the molecule is CC1(C)C(C=C2C(=O)C(/C=C3/N(CCCCCC(=O)O)c4ccc5cc(S(=O)(=O)[O-])ccc5c4C3(C)C)=C2[O-])=[N+](CCCCCC(=O)O)c2ccc3cc(S(=O)(=O)[O-])ccc3c21. The third kappa shape index (κ3) is 8.07. The number of aliphatic carboxylic acids is 2. The number of carbonyl (C=O) groups is 3. The number of ketones is 1. The van der Waals surface area contributed by atoms with Crippen LogP contribution in [-0.4, -0.2) is 77.3 Å². The first-order chi connectivity index (χ1) is 29.0. The molecule has 0 fully saturated rings. The van der Waals surface area contributed by atoms with Gasteiger partial charge in [-0.3, -0.25) is 14.4 Å². The van der Waals surface area contributed by atoms with Gasteiger partial charge in [-0.2, -0.15) is 4.58 Å². The van der Waals surface area contributed by atoms with Gasteiger partial charge in [0.1, 0.15) is 26.8 Å². The van der Waals surface area contributed by atoms with Gasteiger partial charge < -0.3 is 29.3 Å². The van der Waals surface area contributed by atoms with E-state index in [2.05, 4.69) is 0 Å². The maximum atomic E-state index is 14.2. The van der Waals surface area contributed by atoms with Crippen LogP contribution < -0.4 is 10.0 Å². The Balaban J connectivity index is 1.31. The van der Waals surface area contributed by atoms with Crippen LogP contribution in [0.3, 0.4) is 0 Å². The average Bonchev–Trinajstić information content (AvgIpc) is 3.55. The molecule has 62 heavy (non-hydrogen) atoms. The number of Topliss-reactive ketones (excluding diaryl/α,β-unsaturated/α-hetero) is 1. The molecule has 0 amide bonds. The zero-order chi connectivity index (χ0) is 45.1. The van der Waals surface area contributed by atoms with Crippen molar-refractivity contribution in [2.45, 2.75) is 99.7 Å². The Kier molecular flexibility index (Phi) is 11.6. The third-order valence-electron chi connectivity index (χ3n) is 12.3. The molecular formula is C46H46N2O12S2-2. The zero-order valence-electron chi connectivity index (χ0n) is 34.7. The van der Waals surface area contributed by atoms with Gasteiger partial charge in [0.15, 0.2) is 11.5 Å². The molecule has 0 unspecified atom stereocenters. The van der Waals surface area contributed by atoms with E-state index >= 15 is 0 Å². The Morgan fingerprint density at radius 3 is 1.81 bits per heavy atom. The van der Waals surface area contributed by atoms with Crippen molar-refractivity contribution in [2.75, 3.05) is 18.0 Å². The molecule has 7 rings (SSSR count). The number of carboxylic acid groups (broad SMARTS) is 2. The van der Waals surface area contributed by atoms with Crippen molar-refractivity contribution in [3.63, 3.8) is 0 Å². The molecule has 14 nitrogen and oxygen atoms in total. The van der Waals surface area contributed by atoms with E-state index in [0.717, 1.165) is 22.5 Å². The topological polar surface area (TPSA) is 235 Å². The minimum atomic E-state index is -4.73. The number of carbonyl (C=O) groups excluding carboxylic acids is 1. The van der Waals surface area contributed by atoms with Gasteiger partial charge in [-0.25, -0.2) is 16.8 Å². The first-order valence-electron chi connectivity index (χ1n) is 20.4.